The second-order valence-electron chi connectivity index (χ2n) is 8.96. The van der Waals surface area contributed by atoms with Gasteiger partial charge in [-0.05, 0) is 55.0 Å². The van der Waals surface area contributed by atoms with E-state index in [0.717, 1.165) is 27.9 Å². The Labute approximate surface area is 198 Å². The summed E-state index contributed by atoms with van der Waals surface area (Å²) in [6, 6.07) is 15.5. The van der Waals surface area contributed by atoms with Crippen molar-refractivity contribution in [3.8, 4) is 16.8 Å². The van der Waals surface area contributed by atoms with Gasteiger partial charge in [-0.3, -0.25) is 4.57 Å². The third-order valence-corrected chi connectivity index (χ3v) is 6.00. The molecule has 0 spiro atoms. The van der Waals surface area contributed by atoms with Gasteiger partial charge in [0, 0.05) is 34.9 Å². The van der Waals surface area contributed by atoms with Gasteiger partial charge in [0.05, 0.1) is 30.7 Å². The Hall–Kier alpha value is -3.71. The standard InChI is InChI=1S/C27H28FN3O3/c1-16-22(29)14-21-23(17-6-8-18(9-7-17)26(32)34-5)24(27(2,3)15-33-4)31(25(21)30-16)20-12-10-19(28)11-13-20/h6-14H,15,29H2,1-5H3. The number of aryl methyl sites for hydroxylation is 1. The van der Waals surface area contributed by atoms with Gasteiger partial charge < -0.3 is 15.2 Å². The number of nitrogens with zero attached hydrogens (tertiary/aromatic N) is 2. The summed E-state index contributed by atoms with van der Waals surface area (Å²) in [7, 11) is 3.02. The number of hydrogen-bond donors (Lipinski definition) is 1. The molecule has 2 N–H and O–H groups in total. The van der Waals surface area contributed by atoms with Crippen molar-refractivity contribution < 1.29 is 18.7 Å². The Morgan fingerprint density at radius 2 is 1.74 bits per heavy atom. The summed E-state index contributed by atoms with van der Waals surface area (Å²) in [5.41, 5.74) is 11.8. The van der Waals surface area contributed by atoms with E-state index in [1.165, 1.54) is 19.2 Å². The summed E-state index contributed by atoms with van der Waals surface area (Å²) in [6.07, 6.45) is 0. The van der Waals surface area contributed by atoms with Gasteiger partial charge in [0.25, 0.3) is 0 Å². The van der Waals surface area contributed by atoms with Crippen LogP contribution in [0.3, 0.4) is 0 Å². The van der Waals surface area contributed by atoms with Gasteiger partial charge in [-0.2, -0.15) is 0 Å². The summed E-state index contributed by atoms with van der Waals surface area (Å²) in [5.74, 6) is -0.716. The van der Waals surface area contributed by atoms with Crippen LogP contribution < -0.4 is 5.73 Å². The van der Waals surface area contributed by atoms with Gasteiger partial charge in [-0.1, -0.05) is 26.0 Å². The first-order valence-electron chi connectivity index (χ1n) is 10.9. The Bertz CT molecular complexity index is 1360. The lowest BCUT2D eigenvalue weighted by Gasteiger charge is -2.28. The number of halogens is 1. The Balaban J connectivity index is 2.13. The Kier molecular flexibility index (Phi) is 6.15. The van der Waals surface area contributed by atoms with Crippen LogP contribution in [0, 0.1) is 12.7 Å². The molecular weight excluding hydrogens is 433 g/mol. The van der Waals surface area contributed by atoms with Crippen molar-refractivity contribution in [3.63, 3.8) is 0 Å². The molecule has 0 radical (unpaired) electrons. The maximum atomic E-state index is 13.8. The molecule has 0 aliphatic rings. The van der Waals surface area contributed by atoms with Gasteiger partial charge >= 0.3 is 5.97 Å². The van der Waals surface area contributed by atoms with E-state index in [1.54, 1.807) is 31.4 Å². The van der Waals surface area contributed by atoms with Crippen molar-refractivity contribution in [1.29, 1.82) is 0 Å². The molecule has 2 heterocycles. The number of carbonyl (C=O) groups excluding carboxylic acids is 1. The molecule has 0 aliphatic heterocycles. The lowest BCUT2D eigenvalue weighted by atomic mass is 9.84. The number of hydrogen-bond acceptors (Lipinski definition) is 5. The van der Waals surface area contributed by atoms with Crippen LogP contribution >= 0.6 is 0 Å². The zero-order chi connectivity index (χ0) is 24.6. The maximum absolute atomic E-state index is 13.8. The van der Waals surface area contributed by atoms with E-state index >= 15 is 0 Å². The SMILES string of the molecule is COCC(C)(C)c1c(-c2ccc(C(=O)OC)cc2)c2cc(N)c(C)nc2n1-c1ccc(F)cc1. The molecule has 0 fully saturated rings. The number of methoxy groups -OCH3 is 2. The maximum Gasteiger partial charge on any atom is 0.337 e. The molecule has 2 aromatic heterocycles. The minimum absolute atomic E-state index is 0.315. The second-order valence-corrected chi connectivity index (χ2v) is 8.96. The van der Waals surface area contributed by atoms with Crippen molar-refractivity contribution in [2.24, 2.45) is 0 Å². The fraction of sp³-hybridized carbons (Fsp3) is 0.259. The molecule has 4 rings (SSSR count). The fourth-order valence-electron chi connectivity index (χ4n) is 4.40. The van der Waals surface area contributed by atoms with Crippen molar-refractivity contribution in [2.75, 3.05) is 26.6 Å². The largest absolute Gasteiger partial charge is 0.465 e. The first-order chi connectivity index (χ1) is 16.2. The predicted octanol–water partition coefficient (Wildman–Crippen LogP) is 5.43. The van der Waals surface area contributed by atoms with Crippen LogP contribution in [0.4, 0.5) is 10.1 Å². The first kappa shape index (κ1) is 23.4. The van der Waals surface area contributed by atoms with Gasteiger partial charge in [0.15, 0.2) is 0 Å². The van der Waals surface area contributed by atoms with Crippen LogP contribution in [0.1, 0.15) is 35.6 Å². The van der Waals surface area contributed by atoms with E-state index in [-0.39, 0.29) is 5.82 Å². The fourth-order valence-corrected chi connectivity index (χ4v) is 4.40. The van der Waals surface area contributed by atoms with E-state index in [2.05, 4.69) is 13.8 Å². The molecule has 0 amide bonds. The lowest BCUT2D eigenvalue weighted by molar-refractivity contribution is 0.0600. The van der Waals surface area contributed by atoms with Crippen molar-refractivity contribution in [1.82, 2.24) is 9.55 Å². The molecule has 0 aliphatic carbocycles. The molecule has 0 saturated carbocycles. The number of esters is 1. The first-order valence-corrected chi connectivity index (χ1v) is 10.9. The summed E-state index contributed by atoms with van der Waals surface area (Å²) in [6.45, 7) is 6.48. The van der Waals surface area contributed by atoms with Crippen molar-refractivity contribution in [2.45, 2.75) is 26.2 Å². The summed E-state index contributed by atoms with van der Waals surface area (Å²) < 4.78 is 26.3. The second kappa shape index (κ2) is 8.91. The normalized spacial score (nSPS) is 11.7. The number of carbonyl (C=O) groups is 1. The van der Waals surface area contributed by atoms with Gasteiger partial charge in [0.1, 0.15) is 11.5 Å². The molecule has 0 atom stereocenters. The smallest absolute Gasteiger partial charge is 0.337 e. The van der Waals surface area contributed by atoms with E-state index in [0.29, 0.717) is 29.2 Å². The number of aromatic nitrogens is 2. The number of anilines is 1. The Morgan fingerprint density at radius 3 is 2.32 bits per heavy atom. The third kappa shape index (κ3) is 4.03. The Morgan fingerprint density at radius 1 is 1.09 bits per heavy atom. The number of nitrogen functional groups attached to an aromatic ring is 1. The summed E-state index contributed by atoms with van der Waals surface area (Å²) in [5, 5.41) is 0.859. The molecular formula is C27H28FN3O3. The molecule has 0 bridgehead atoms. The van der Waals surface area contributed by atoms with Gasteiger partial charge in [-0.25, -0.2) is 14.2 Å². The number of ether oxygens (including phenoxy) is 2. The van der Waals surface area contributed by atoms with E-state index < -0.39 is 11.4 Å². The van der Waals surface area contributed by atoms with Crippen LogP contribution in [-0.2, 0) is 14.9 Å². The minimum Gasteiger partial charge on any atom is -0.465 e. The number of nitrogens with two attached hydrogens (primary N) is 1. The van der Waals surface area contributed by atoms with Gasteiger partial charge in [0.2, 0.25) is 0 Å². The van der Waals surface area contributed by atoms with Crippen LogP contribution in [0.15, 0.2) is 54.6 Å². The minimum atomic E-state index is -0.455. The van der Waals surface area contributed by atoms with Crippen molar-refractivity contribution in [3.05, 3.63) is 77.4 Å². The van der Waals surface area contributed by atoms with Crippen LogP contribution in [-0.4, -0.2) is 36.3 Å². The lowest BCUT2D eigenvalue weighted by Crippen LogP contribution is -2.27. The average molecular weight is 462 g/mol. The number of pyridine rings is 1. The summed E-state index contributed by atoms with van der Waals surface area (Å²) >= 11 is 0. The number of rotatable bonds is 6. The molecule has 6 nitrogen and oxygen atoms in total. The molecule has 176 valence electrons. The molecule has 0 saturated heterocycles. The van der Waals surface area contributed by atoms with E-state index in [4.69, 9.17) is 20.2 Å². The molecule has 0 unspecified atom stereocenters. The highest BCUT2D eigenvalue weighted by molar-refractivity contribution is 6.00. The van der Waals surface area contributed by atoms with Crippen LogP contribution in [0.25, 0.3) is 27.8 Å². The monoisotopic (exact) mass is 461 g/mol. The zero-order valence-corrected chi connectivity index (χ0v) is 20.0. The zero-order valence-electron chi connectivity index (χ0n) is 20.0. The summed E-state index contributed by atoms with van der Waals surface area (Å²) in [4.78, 5) is 16.8. The quantitative estimate of drug-likeness (QED) is 0.387. The number of benzene rings is 2. The highest BCUT2D eigenvalue weighted by Gasteiger charge is 2.33. The highest BCUT2D eigenvalue weighted by Crippen LogP contribution is 2.43. The predicted molar refractivity (Wildman–Crippen MR) is 132 cm³/mol. The van der Waals surface area contributed by atoms with E-state index in [9.17, 15) is 9.18 Å². The third-order valence-electron chi connectivity index (χ3n) is 6.00. The van der Waals surface area contributed by atoms with E-state index in [1.807, 2.05) is 29.7 Å². The molecule has 4 aromatic rings. The molecule has 34 heavy (non-hydrogen) atoms. The van der Waals surface area contributed by atoms with Gasteiger partial charge in [-0.15, -0.1) is 0 Å². The number of fused-ring (bicyclic) bond motifs is 1. The molecule has 7 heteroatoms. The van der Waals surface area contributed by atoms with Crippen LogP contribution in [0.5, 0.6) is 0 Å². The average Bonchev–Trinajstić information content (AvgIpc) is 3.14. The van der Waals surface area contributed by atoms with Crippen molar-refractivity contribution >= 4 is 22.7 Å². The highest BCUT2D eigenvalue weighted by atomic mass is 19.1. The molecule has 2 aromatic carbocycles. The van der Waals surface area contributed by atoms with Crippen LogP contribution in [0.2, 0.25) is 0 Å². The topological polar surface area (TPSA) is 79.4 Å².